The van der Waals surface area contributed by atoms with Crippen molar-refractivity contribution in [3.63, 3.8) is 0 Å². The molecule has 2 rings (SSSR count). The van der Waals surface area contributed by atoms with E-state index in [1.807, 2.05) is 0 Å². The molecule has 3 nitrogen and oxygen atoms in total. The van der Waals surface area contributed by atoms with Gasteiger partial charge in [-0.1, -0.05) is 22.9 Å². The largest absolute Gasteiger partial charge is 0.512 e. The van der Waals surface area contributed by atoms with Gasteiger partial charge in [0, 0.05) is 10.1 Å². The molecule has 2 aromatic rings. The van der Waals surface area contributed by atoms with Gasteiger partial charge in [0.25, 0.3) is 0 Å². The van der Waals surface area contributed by atoms with Gasteiger partial charge in [0.05, 0.1) is 0 Å². The summed E-state index contributed by atoms with van der Waals surface area (Å²) >= 11 is 6.84. The summed E-state index contributed by atoms with van der Waals surface area (Å²) in [7, 11) is 0. The van der Waals surface area contributed by atoms with Crippen molar-refractivity contribution >= 4 is 39.2 Å². The quantitative estimate of drug-likeness (QED) is 0.780. The Kier molecular flexibility index (Phi) is 2.50. The number of hydrogen-bond donors (Lipinski definition) is 1. The highest BCUT2D eigenvalue weighted by Crippen LogP contribution is 2.41. The zero-order chi connectivity index (χ0) is 11.0. The van der Waals surface area contributed by atoms with E-state index in [-0.39, 0.29) is 10.1 Å². The van der Waals surface area contributed by atoms with Gasteiger partial charge >= 0.3 is 6.16 Å². The molecule has 0 amide bonds. The Morgan fingerprint density at radius 1 is 1.53 bits per heavy atom. The molecule has 15 heavy (non-hydrogen) atoms. The van der Waals surface area contributed by atoms with E-state index in [1.54, 1.807) is 0 Å². The second kappa shape index (κ2) is 3.67. The lowest BCUT2D eigenvalue weighted by Crippen LogP contribution is -2.01. The Balaban J connectivity index is 2.58. The predicted octanol–water partition coefficient (Wildman–Crippen LogP) is 3.75. The number of fused-ring (bicyclic) bond motifs is 1. The van der Waals surface area contributed by atoms with Gasteiger partial charge in [0.2, 0.25) is 5.06 Å². The van der Waals surface area contributed by atoms with Crippen LogP contribution in [0.15, 0.2) is 18.2 Å². The van der Waals surface area contributed by atoms with Crippen LogP contribution in [0.2, 0.25) is 5.02 Å². The molecule has 1 N–H and O–H groups in total. The molecule has 0 saturated carbocycles. The molecular weight excluding hydrogens is 243 g/mol. The normalized spacial score (nSPS) is 10.5. The van der Waals surface area contributed by atoms with Crippen LogP contribution in [-0.4, -0.2) is 11.3 Å². The highest BCUT2D eigenvalue weighted by Gasteiger charge is 2.14. The molecule has 0 radical (unpaired) electrons. The van der Waals surface area contributed by atoms with E-state index in [1.165, 1.54) is 18.2 Å². The van der Waals surface area contributed by atoms with Crippen LogP contribution in [0.3, 0.4) is 0 Å². The average molecular weight is 247 g/mol. The number of halogens is 2. The smallest absolute Gasteiger partial charge is 0.449 e. The number of thiophene rings is 1. The highest BCUT2D eigenvalue weighted by molar-refractivity contribution is 7.21. The van der Waals surface area contributed by atoms with Crippen LogP contribution in [0, 0.1) is 5.82 Å². The van der Waals surface area contributed by atoms with E-state index in [9.17, 15) is 9.18 Å². The number of hydrogen-bond acceptors (Lipinski definition) is 3. The minimum Gasteiger partial charge on any atom is -0.449 e. The van der Waals surface area contributed by atoms with Crippen molar-refractivity contribution < 1.29 is 19.0 Å². The summed E-state index contributed by atoms with van der Waals surface area (Å²) in [6.07, 6.45) is -1.44. The molecule has 78 valence electrons. The van der Waals surface area contributed by atoms with E-state index < -0.39 is 12.0 Å². The number of carbonyl (C=O) groups is 1. The molecule has 0 atom stereocenters. The van der Waals surface area contributed by atoms with Gasteiger partial charge < -0.3 is 9.84 Å². The average Bonchev–Trinajstić information content (AvgIpc) is 2.42. The third-order valence-corrected chi connectivity index (χ3v) is 3.26. The molecule has 0 aliphatic heterocycles. The molecule has 1 heterocycles. The van der Waals surface area contributed by atoms with Gasteiger partial charge in [-0.25, -0.2) is 9.18 Å². The molecule has 1 aromatic heterocycles. The molecule has 0 fully saturated rings. The molecule has 0 bridgehead atoms. The highest BCUT2D eigenvalue weighted by atomic mass is 35.5. The molecule has 0 saturated heterocycles. The van der Waals surface area contributed by atoms with E-state index in [0.29, 0.717) is 10.1 Å². The summed E-state index contributed by atoms with van der Waals surface area (Å²) in [4.78, 5) is 10.3. The third kappa shape index (κ3) is 1.88. The van der Waals surface area contributed by atoms with Gasteiger partial charge in [-0.05, 0) is 18.2 Å². The topological polar surface area (TPSA) is 46.5 Å². The van der Waals surface area contributed by atoms with E-state index in [2.05, 4.69) is 4.74 Å². The van der Waals surface area contributed by atoms with Crippen LogP contribution >= 0.6 is 22.9 Å². The van der Waals surface area contributed by atoms with E-state index in [0.717, 1.165) is 11.3 Å². The summed E-state index contributed by atoms with van der Waals surface area (Å²) in [5.41, 5.74) is 0. The Bertz CT molecular complexity index is 537. The molecule has 0 aliphatic carbocycles. The van der Waals surface area contributed by atoms with Gasteiger partial charge in [0.15, 0.2) is 0 Å². The molecule has 1 aromatic carbocycles. The summed E-state index contributed by atoms with van der Waals surface area (Å²) in [5.74, 6) is -0.401. The lowest BCUT2D eigenvalue weighted by molar-refractivity contribution is 0.146. The van der Waals surface area contributed by atoms with Crippen LogP contribution in [0.4, 0.5) is 9.18 Å². The first-order valence-electron chi connectivity index (χ1n) is 3.86. The second-order valence-corrected chi connectivity index (χ2v) is 4.10. The maximum absolute atomic E-state index is 12.8. The van der Waals surface area contributed by atoms with Crippen LogP contribution in [-0.2, 0) is 0 Å². The van der Waals surface area contributed by atoms with Gasteiger partial charge in [0.1, 0.15) is 10.8 Å². The molecule has 0 unspecified atom stereocenters. The van der Waals surface area contributed by atoms with E-state index >= 15 is 0 Å². The SMILES string of the molecule is O=C(O)Oc1sc2cc(F)ccc2c1Cl. The standard InChI is InChI=1S/C9H4ClFO3S/c10-7-5-2-1-4(11)3-6(5)15-8(7)14-9(12)13/h1-3H,(H,12,13). The van der Waals surface area contributed by atoms with Gasteiger partial charge in [-0.3, -0.25) is 0 Å². The summed E-state index contributed by atoms with van der Waals surface area (Å²) < 4.78 is 17.8. The maximum atomic E-state index is 12.8. The Morgan fingerprint density at radius 3 is 2.93 bits per heavy atom. The number of carboxylic acid groups (broad SMARTS) is 1. The number of rotatable bonds is 1. The van der Waals surface area contributed by atoms with Crippen LogP contribution in [0.25, 0.3) is 10.1 Å². The first kappa shape index (κ1) is 10.2. The summed E-state index contributed by atoms with van der Waals surface area (Å²) in [6.45, 7) is 0. The maximum Gasteiger partial charge on any atom is 0.512 e. The van der Waals surface area contributed by atoms with Crippen molar-refractivity contribution in [3.05, 3.63) is 29.0 Å². The fourth-order valence-electron chi connectivity index (χ4n) is 1.16. The zero-order valence-electron chi connectivity index (χ0n) is 7.16. The zero-order valence-corrected chi connectivity index (χ0v) is 8.73. The van der Waals surface area contributed by atoms with Crippen molar-refractivity contribution in [2.45, 2.75) is 0 Å². The molecule has 6 heteroatoms. The fourth-order valence-corrected chi connectivity index (χ4v) is 2.50. The second-order valence-electron chi connectivity index (χ2n) is 2.71. The first-order chi connectivity index (χ1) is 7.08. The van der Waals surface area contributed by atoms with Crippen molar-refractivity contribution in [1.29, 1.82) is 0 Å². The molecule has 0 aliphatic rings. The number of benzene rings is 1. The van der Waals surface area contributed by atoms with Gasteiger partial charge in [-0.15, -0.1) is 0 Å². The minimum absolute atomic E-state index is 0.0600. The Labute approximate surface area is 92.7 Å². The molecular formula is C9H4ClFO3S. The Hall–Kier alpha value is -1.33. The lowest BCUT2D eigenvalue weighted by atomic mass is 10.2. The first-order valence-corrected chi connectivity index (χ1v) is 5.05. The van der Waals surface area contributed by atoms with Crippen molar-refractivity contribution in [2.24, 2.45) is 0 Å². The lowest BCUT2D eigenvalue weighted by Gasteiger charge is -1.93. The molecule has 0 spiro atoms. The van der Waals surface area contributed by atoms with Crippen molar-refractivity contribution in [3.8, 4) is 5.06 Å². The van der Waals surface area contributed by atoms with Crippen LogP contribution in [0.5, 0.6) is 5.06 Å². The fraction of sp³-hybridized carbons (Fsp3) is 0. The summed E-state index contributed by atoms with van der Waals surface area (Å²) in [6, 6.07) is 4.02. The minimum atomic E-state index is -1.44. The summed E-state index contributed by atoms with van der Waals surface area (Å²) in [5, 5.41) is 9.26. The Morgan fingerprint density at radius 2 is 2.27 bits per heavy atom. The van der Waals surface area contributed by atoms with Crippen LogP contribution < -0.4 is 4.74 Å². The van der Waals surface area contributed by atoms with Crippen molar-refractivity contribution in [2.75, 3.05) is 0 Å². The van der Waals surface area contributed by atoms with Crippen molar-refractivity contribution in [1.82, 2.24) is 0 Å². The monoisotopic (exact) mass is 246 g/mol. The van der Waals surface area contributed by atoms with Crippen LogP contribution in [0.1, 0.15) is 0 Å². The predicted molar refractivity (Wildman–Crippen MR) is 55.4 cm³/mol. The van der Waals surface area contributed by atoms with Gasteiger partial charge in [-0.2, -0.15) is 0 Å². The van der Waals surface area contributed by atoms with E-state index in [4.69, 9.17) is 16.7 Å². The third-order valence-electron chi connectivity index (χ3n) is 1.74. The number of ether oxygens (including phenoxy) is 1.